The van der Waals surface area contributed by atoms with Gasteiger partial charge in [-0.15, -0.1) is 0 Å². The fraction of sp³-hybridized carbons (Fsp3) is 0.444. The highest BCUT2D eigenvalue weighted by Gasteiger charge is 2.28. The van der Waals surface area contributed by atoms with Crippen molar-refractivity contribution >= 4 is 22.7 Å². The van der Waals surface area contributed by atoms with E-state index in [2.05, 4.69) is 4.90 Å². The molecule has 3 rings (SSSR count). The maximum absolute atomic E-state index is 12.0. The summed E-state index contributed by atoms with van der Waals surface area (Å²) in [6.45, 7) is 3.61. The zero-order chi connectivity index (χ0) is 16.2. The van der Waals surface area contributed by atoms with E-state index in [9.17, 15) is 9.90 Å². The van der Waals surface area contributed by atoms with Crippen LogP contribution in [-0.4, -0.2) is 35.8 Å². The van der Waals surface area contributed by atoms with Crippen molar-refractivity contribution in [2.45, 2.75) is 26.4 Å². The first-order valence-corrected chi connectivity index (χ1v) is 8.14. The lowest BCUT2D eigenvalue weighted by atomic mass is 9.97. The smallest absolute Gasteiger partial charge is 0.310 e. The number of fused-ring (bicyclic) bond motifs is 1. The van der Waals surface area contributed by atoms with Crippen LogP contribution in [0.15, 0.2) is 30.3 Å². The Labute approximate surface area is 135 Å². The van der Waals surface area contributed by atoms with Crippen LogP contribution in [0.2, 0.25) is 0 Å². The van der Waals surface area contributed by atoms with Gasteiger partial charge in [-0.25, -0.2) is 4.98 Å². The number of esters is 1. The molecule has 0 unspecified atom stereocenters. The SMILES string of the molecule is CCOC(=O)[C@H]1CCCN(c2nc3ccccc3cc2CO)C1. The van der Waals surface area contributed by atoms with Crippen LogP contribution in [0.25, 0.3) is 10.9 Å². The molecule has 0 amide bonds. The number of piperidine rings is 1. The van der Waals surface area contributed by atoms with Gasteiger partial charge in [-0.1, -0.05) is 18.2 Å². The average Bonchev–Trinajstić information content (AvgIpc) is 2.61. The van der Waals surface area contributed by atoms with Crippen LogP contribution in [0.1, 0.15) is 25.3 Å². The third-order valence-electron chi connectivity index (χ3n) is 4.29. The second-order valence-electron chi connectivity index (χ2n) is 5.86. The van der Waals surface area contributed by atoms with Crippen molar-refractivity contribution in [1.82, 2.24) is 4.98 Å². The Morgan fingerprint density at radius 2 is 2.26 bits per heavy atom. The Kier molecular flexibility index (Phi) is 4.76. The summed E-state index contributed by atoms with van der Waals surface area (Å²) in [6, 6.07) is 9.85. The molecular formula is C18H22N2O3. The maximum Gasteiger partial charge on any atom is 0.310 e. The van der Waals surface area contributed by atoms with Gasteiger partial charge in [-0.05, 0) is 31.9 Å². The number of carbonyl (C=O) groups excluding carboxylic acids is 1. The quantitative estimate of drug-likeness (QED) is 0.879. The lowest BCUT2D eigenvalue weighted by molar-refractivity contribution is -0.148. The van der Waals surface area contributed by atoms with Gasteiger partial charge in [-0.2, -0.15) is 0 Å². The molecular weight excluding hydrogens is 292 g/mol. The van der Waals surface area contributed by atoms with E-state index in [1.807, 2.05) is 37.3 Å². The number of hydrogen-bond donors (Lipinski definition) is 1. The molecule has 2 heterocycles. The molecule has 1 aliphatic rings. The van der Waals surface area contributed by atoms with Crippen molar-refractivity contribution < 1.29 is 14.6 Å². The Balaban J connectivity index is 1.90. The summed E-state index contributed by atoms with van der Waals surface area (Å²) in [5, 5.41) is 10.7. The second kappa shape index (κ2) is 6.96. The van der Waals surface area contributed by atoms with Gasteiger partial charge < -0.3 is 14.7 Å². The number of nitrogens with zero attached hydrogens (tertiary/aromatic N) is 2. The van der Waals surface area contributed by atoms with Gasteiger partial charge >= 0.3 is 5.97 Å². The number of aromatic nitrogens is 1. The molecule has 5 nitrogen and oxygen atoms in total. The number of anilines is 1. The van der Waals surface area contributed by atoms with Crippen LogP contribution in [0.3, 0.4) is 0 Å². The van der Waals surface area contributed by atoms with Crippen molar-refractivity contribution in [3.63, 3.8) is 0 Å². The number of pyridine rings is 1. The molecule has 5 heteroatoms. The van der Waals surface area contributed by atoms with E-state index < -0.39 is 0 Å². The van der Waals surface area contributed by atoms with Gasteiger partial charge in [-0.3, -0.25) is 4.79 Å². The average molecular weight is 314 g/mol. The summed E-state index contributed by atoms with van der Waals surface area (Å²) >= 11 is 0. The number of hydrogen-bond acceptors (Lipinski definition) is 5. The monoisotopic (exact) mass is 314 g/mol. The standard InChI is InChI=1S/C18H22N2O3/c1-2-23-18(22)14-7-5-9-20(11-14)17-15(12-21)10-13-6-3-4-8-16(13)19-17/h3-4,6,8,10,14,21H,2,5,7,9,11-12H2,1H3/t14-/m0/s1. The predicted octanol–water partition coefficient (Wildman–Crippen LogP) is 2.51. The third kappa shape index (κ3) is 3.29. The number of rotatable bonds is 4. The fourth-order valence-electron chi connectivity index (χ4n) is 3.16. The topological polar surface area (TPSA) is 62.7 Å². The highest BCUT2D eigenvalue weighted by molar-refractivity contribution is 5.82. The highest BCUT2D eigenvalue weighted by Crippen LogP contribution is 2.28. The molecule has 1 aliphatic heterocycles. The first kappa shape index (κ1) is 15.7. The minimum atomic E-state index is -0.136. The number of carbonyl (C=O) groups is 1. The molecule has 0 bridgehead atoms. The van der Waals surface area contributed by atoms with Crippen LogP contribution >= 0.6 is 0 Å². The van der Waals surface area contributed by atoms with E-state index in [-0.39, 0.29) is 18.5 Å². The Hall–Kier alpha value is -2.14. The zero-order valence-corrected chi connectivity index (χ0v) is 13.4. The van der Waals surface area contributed by atoms with Gasteiger partial charge in [0, 0.05) is 24.0 Å². The molecule has 0 aliphatic carbocycles. The van der Waals surface area contributed by atoms with Crippen molar-refractivity contribution in [2.75, 3.05) is 24.6 Å². The van der Waals surface area contributed by atoms with Gasteiger partial charge in [0.2, 0.25) is 0 Å². The molecule has 2 aromatic rings. The Morgan fingerprint density at radius 3 is 3.04 bits per heavy atom. The third-order valence-corrected chi connectivity index (χ3v) is 4.29. The normalized spacial score (nSPS) is 18.2. The number of benzene rings is 1. The first-order chi connectivity index (χ1) is 11.2. The Morgan fingerprint density at radius 1 is 1.43 bits per heavy atom. The lowest BCUT2D eigenvalue weighted by Crippen LogP contribution is -2.40. The number of para-hydroxylation sites is 1. The molecule has 0 spiro atoms. The summed E-state index contributed by atoms with van der Waals surface area (Å²) in [5.74, 6) is 0.521. The van der Waals surface area contributed by atoms with Crippen LogP contribution in [0.5, 0.6) is 0 Å². The summed E-state index contributed by atoms with van der Waals surface area (Å²) in [4.78, 5) is 18.8. The van der Waals surface area contributed by atoms with E-state index in [1.165, 1.54) is 0 Å². The molecule has 0 saturated carbocycles. The molecule has 1 saturated heterocycles. The lowest BCUT2D eigenvalue weighted by Gasteiger charge is -2.33. The van der Waals surface area contributed by atoms with Crippen LogP contribution in [-0.2, 0) is 16.1 Å². The minimum Gasteiger partial charge on any atom is -0.466 e. The van der Waals surface area contributed by atoms with Gasteiger partial charge in [0.15, 0.2) is 0 Å². The summed E-state index contributed by atoms with van der Waals surface area (Å²) in [7, 11) is 0. The summed E-state index contributed by atoms with van der Waals surface area (Å²) in [5.41, 5.74) is 1.70. The van der Waals surface area contributed by atoms with E-state index in [1.54, 1.807) is 0 Å². The molecule has 23 heavy (non-hydrogen) atoms. The van der Waals surface area contributed by atoms with Crippen molar-refractivity contribution in [3.8, 4) is 0 Å². The fourth-order valence-corrected chi connectivity index (χ4v) is 3.16. The van der Waals surface area contributed by atoms with E-state index in [0.717, 1.165) is 41.7 Å². The van der Waals surface area contributed by atoms with Gasteiger partial charge in [0.1, 0.15) is 5.82 Å². The van der Waals surface area contributed by atoms with E-state index in [0.29, 0.717) is 13.2 Å². The van der Waals surface area contributed by atoms with Gasteiger partial charge in [0.05, 0.1) is 24.6 Å². The molecule has 1 N–H and O–H groups in total. The van der Waals surface area contributed by atoms with Crippen LogP contribution < -0.4 is 4.90 Å². The van der Waals surface area contributed by atoms with E-state index >= 15 is 0 Å². The highest BCUT2D eigenvalue weighted by atomic mass is 16.5. The van der Waals surface area contributed by atoms with Crippen LogP contribution in [0, 0.1) is 5.92 Å². The van der Waals surface area contributed by atoms with Gasteiger partial charge in [0.25, 0.3) is 0 Å². The molecule has 1 aromatic heterocycles. The summed E-state index contributed by atoms with van der Waals surface area (Å²) in [6.07, 6.45) is 1.76. The van der Waals surface area contributed by atoms with Crippen molar-refractivity contribution in [2.24, 2.45) is 5.92 Å². The molecule has 0 radical (unpaired) electrons. The minimum absolute atomic E-state index is 0.0618. The van der Waals surface area contributed by atoms with Crippen molar-refractivity contribution in [1.29, 1.82) is 0 Å². The van der Waals surface area contributed by atoms with E-state index in [4.69, 9.17) is 9.72 Å². The summed E-state index contributed by atoms with van der Waals surface area (Å²) < 4.78 is 5.16. The first-order valence-electron chi connectivity index (χ1n) is 8.14. The number of aliphatic hydroxyl groups is 1. The Bertz CT molecular complexity index is 702. The molecule has 1 atom stereocenters. The van der Waals surface area contributed by atoms with Crippen molar-refractivity contribution in [3.05, 3.63) is 35.9 Å². The molecule has 1 aromatic carbocycles. The largest absolute Gasteiger partial charge is 0.466 e. The molecule has 122 valence electrons. The number of aliphatic hydroxyl groups excluding tert-OH is 1. The predicted molar refractivity (Wildman–Crippen MR) is 89.2 cm³/mol. The number of ether oxygens (including phenoxy) is 1. The second-order valence-corrected chi connectivity index (χ2v) is 5.86. The molecule has 1 fully saturated rings. The maximum atomic E-state index is 12.0. The zero-order valence-electron chi connectivity index (χ0n) is 13.4. The van der Waals surface area contributed by atoms with Crippen LogP contribution in [0.4, 0.5) is 5.82 Å².